The third kappa shape index (κ3) is 2.65. The van der Waals surface area contributed by atoms with Gasteiger partial charge in [0.25, 0.3) is 5.69 Å². The van der Waals surface area contributed by atoms with Crippen LogP contribution in [0.1, 0.15) is 25.8 Å². The first-order valence-corrected chi connectivity index (χ1v) is 7.75. The van der Waals surface area contributed by atoms with Crippen LogP contribution >= 0.6 is 0 Å². The molecular formula is C16H21N3O4. The third-order valence-electron chi connectivity index (χ3n) is 5.07. The van der Waals surface area contributed by atoms with Crippen LogP contribution in [0.2, 0.25) is 0 Å². The van der Waals surface area contributed by atoms with Gasteiger partial charge in [-0.1, -0.05) is 19.9 Å². The number of ether oxygens (including phenoxy) is 1. The number of carbonyl (C=O) groups excluding carboxylic acids is 1. The second-order valence-electron chi connectivity index (χ2n) is 6.90. The molecule has 1 saturated carbocycles. The first-order chi connectivity index (χ1) is 10.8. The second-order valence-corrected chi connectivity index (χ2v) is 6.90. The quantitative estimate of drug-likeness (QED) is 0.661. The second kappa shape index (κ2) is 5.49. The number of amides is 2. The Labute approximate surface area is 134 Å². The summed E-state index contributed by atoms with van der Waals surface area (Å²) in [5.74, 6) is 0.349. The summed E-state index contributed by atoms with van der Waals surface area (Å²) in [7, 11) is 0. The van der Waals surface area contributed by atoms with Crippen LogP contribution in [0.5, 0.6) is 0 Å². The van der Waals surface area contributed by atoms with Crippen LogP contribution in [0.25, 0.3) is 0 Å². The van der Waals surface area contributed by atoms with Crippen LogP contribution in [-0.4, -0.2) is 29.7 Å². The third-order valence-corrected chi connectivity index (χ3v) is 5.07. The van der Waals surface area contributed by atoms with Crippen molar-refractivity contribution in [1.29, 1.82) is 0 Å². The highest BCUT2D eigenvalue weighted by molar-refractivity contribution is 5.90. The van der Waals surface area contributed by atoms with Gasteiger partial charge in [-0.05, 0) is 18.9 Å². The standard InChI is InChI=1S/C16H21N3O4/c1-9-4-5-10(19(21)22)8-12(9)17-15(20)18-13-11-6-7-23-14(11)16(13,2)3/h4-5,8,11,13-14H,6-7H2,1-3H3,(H2,17,18,20)/t11-,13+,14-/m0/s1. The van der Waals surface area contributed by atoms with Gasteiger partial charge in [0.05, 0.1) is 16.7 Å². The first-order valence-electron chi connectivity index (χ1n) is 7.75. The molecule has 3 atom stereocenters. The van der Waals surface area contributed by atoms with Gasteiger partial charge in [-0.2, -0.15) is 0 Å². The Morgan fingerprint density at radius 2 is 2.17 bits per heavy atom. The molecule has 2 fully saturated rings. The number of fused-ring (bicyclic) bond motifs is 1. The zero-order valence-electron chi connectivity index (χ0n) is 13.5. The van der Waals surface area contributed by atoms with Crippen molar-refractivity contribution in [3.05, 3.63) is 33.9 Å². The number of nitrogens with zero attached hydrogens (tertiary/aromatic N) is 1. The summed E-state index contributed by atoms with van der Waals surface area (Å²) in [6.07, 6.45) is 1.15. The molecule has 7 nitrogen and oxygen atoms in total. The van der Waals surface area contributed by atoms with Crippen molar-refractivity contribution >= 4 is 17.4 Å². The molecule has 0 spiro atoms. The maximum Gasteiger partial charge on any atom is 0.319 e. The van der Waals surface area contributed by atoms with E-state index in [1.807, 2.05) is 0 Å². The Bertz CT molecular complexity index is 659. The fraction of sp³-hybridized carbons (Fsp3) is 0.562. The predicted octanol–water partition coefficient (Wildman–Crippen LogP) is 2.84. The van der Waals surface area contributed by atoms with Gasteiger partial charge >= 0.3 is 6.03 Å². The molecule has 1 heterocycles. The maximum atomic E-state index is 12.3. The lowest BCUT2D eigenvalue weighted by Crippen LogP contribution is -2.67. The highest BCUT2D eigenvalue weighted by Gasteiger charge is 2.59. The SMILES string of the molecule is Cc1ccc([N+](=O)[O-])cc1NC(=O)N[C@@H]1[C@@H]2CCO[C@@H]2C1(C)C. The van der Waals surface area contributed by atoms with Crippen LogP contribution in [0.15, 0.2) is 18.2 Å². The first kappa shape index (κ1) is 15.7. The summed E-state index contributed by atoms with van der Waals surface area (Å²) in [6, 6.07) is 4.14. The molecule has 124 valence electrons. The summed E-state index contributed by atoms with van der Waals surface area (Å²) in [6.45, 7) is 6.71. The van der Waals surface area contributed by atoms with E-state index in [9.17, 15) is 14.9 Å². The number of nitro benzene ring substituents is 1. The highest BCUT2D eigenvalue weighted by atomic mass is 16.6. The van der Waals surface area contributed by atoms with E-state index in [1.54, 1.807) is 13.0 Å². The van der Waals surface area contributed by atoms with Crippen LogP contribution in [-0.2, 0) is 4.74 Å². The van der Waals surface area contributed by atoms with Gasteiger partial charge in [-0.25, -0.2) is 4.79 Å². The van der Waals surface area contributed by atoms with Crippen LogP contribution in [0, 0.1) is 28.4 Å². The number of urea groups is 1. The zero-order valence-corrected chi connectivity index (χ0v) is 13.5. The van der Waals surface area contributed by atoms with Crippen LogP contribution < -0.4 is 10.6 Å². The van der Waals surface area contributed by atoms with Crippen molar-refractivity contribution in [2.45, 2.75) is 39.3 Å². The maximum absolute atomic E-state index is 12.3. The Hall–Kier alpha value is -2.15. The summed E-state index contributed by atoms with van der Waals surface area (Å²) >= 11 is 0. The number of nitrogens with one attached hydrogen (secondary N) is 2. The van der Waals surface area contributed by atoms with E-state index in [0.29, 0.717) is 11.6 Å². The Morgan fingerprint density at radius 3 is 2.87 bits per heavy atom. The smallest absolute Gasteiger partial charge is 0.319 e. The molecule has 0 unspecified atom stereocenters. The molecule has 23 heavy (non-hydrogen) atoms. The van der Waals surface area contributed by atoms with E-state index in [2.05, 4.69) is 24.5 Å². The van der Waals surface area contributed by atoms with Gasteiger partial charge in [-0.3, -0.25) is 10.1 Å². The molecule has 1 aromatic rings. The van der Waals surface area contributed by atoms with Crippen molar-refractivity contribution in [1.82, 2.24) is 5.32 Å². The lowest BCUT2D eigenvalue weighted by atomic mass is 9.57. The fourth-order valence-corrected chi connectivity index (χ4v) is 3.78. The van der Waals surface area contributed by atoms with Gasteiger partial charge < -0.3 is 15.4 Å². The number of rotatable bonds is 3. The molecule has 0 bridgehead atoms. The number of carbonyl (C=O) groups is 1. The average Bonchev–Trinajstić information content (AvgIpc) is 2.94. The van der Waals surface area contributed by atoms with Crippen molar-refractivity contribution in [3.63, 3.8) is 0 Å². The molecule has 1 saturated heterocycles. The molecule has 1 aliphatic carbocycles. The minimum Gasteiger partial charge on any atom is -0.377 e. The van der Waals surface area contributed by atoms with E-state index >= 15 is 0 Å². The summed E-state index contributed by atoms with van der Waals surface area (Å²) in [5, 5.41) is 16.6. The average molecular weight is 319 g/mol. The molecule has 0 radical (unpaired) electrons. The van der Waals surface area contributed by atoms with E-state index in [0.717, 1.165) is 18.6 Å². The van der Waals surface area contributed by atoms with Gasteiger partial charge in [0, 0.05) is 36.1 Å². The van der Waals surface area contributed by atoms with Gasteiger partial charge in [0.15, 0.2) is 0 Å². The molecule has 2 N–H and O–H groups in total. The molecule has 2 amide bonds. The number of aryl methyl sites for hydroxylation is 1. The van der Waals surface area contributed by atoms with Crippen molar-refractivity contribution in [2.24, 2.45) is 11.3 Å². The van der Waals surface area contributed by atoms with E-state index < -0.39 is 4.92 Å². The number of anilines is 1. The largest absolute Gasteiger partial charge is 0.377 e. The lowest BCUT2D eigenvalue weighted by Gasteiger charge is -2.54. The van der Waals surface area contributed by atoms with Gasteiger partial charge in [0.1, 0.15) is 0 Å². The molecule has 0 aromatic heterocycles. The normalized spacial score (nSPS) is 27.7. The number of benzene rings is 1. The molecule has 1 aromatic carbocycles. The summed E-state index contributed by atoms with van der Waals surface area (Å²) in [5.41, 5.74) is 1.09. The van der Waals surface area contributed by atoms with E-state index in [-0.39, 0.29) is 29.3 Å². The minimum atomic E-state index is -0.474. The molecule has 7 heteroatoms. The highest BCUT2D eigenvalue weighted by Crippen LogP contribution is 2.52. The molecule has 3 rings (SSSR count). The zero-order chi connectivity index (χ0) is 16.8. The van der Waals surface area contributed by atoms with E-state index in [1.165, 1.54) is 12.1 Å². The fourth-order valence-electron chi connectivity index (χ4n) is 3.78. The molecule has 1 aliphatic heterocycles. The van der Waals surface area contributed by atoms with E-state index in [4.69, 9.17) is 4.74 Å². The summed E-state index contributed by atoms with van der Waals surface area (Å²) < 4.78 is 5.71. The van der Waals surface area contributed by atoms with Crippen molar-refractivity contribution in [3.8, 4) is 0 Å². The number of hydrogen-bond acceptors (Lipinski definition) is 4. The summed E-state index contributed by atoms with van der Waals surface area (Å²) in [4.78, 5) is 22.7. The Kier molecular flexibility index (Phi) is 3.75. The van der Waals surface area contributed by atoms with Crippen LogP contribution in [0.4, 0.5) is 16.2 Å². The van der Waals surface area contributed by atoms with Gasteiger partial charge in [-0.15, -0.1) is 0 Å². The van der Waals surface area contributed by atoms with Gasteiger partial charge in [0.2, 0.25) is 0 Å². The Morgan fingerprint density at radius 1 is 1.43 bits per heavy atom. The molecule has 2 aliphatic rings. The lowest BCUT2D eigenvalue weighted by molar-refractivity contribution is -0.384. The van der Waals surface area contributed by atoms with Crippen molar-refractivity contribution < 1.29 is 14.5 Å². The number of hydrogen-bond donors (Lipinski definition) is 2. The number of non-ortho nitro benzene ring substituents is 1. The molecular weight excluding hydrogens is 298 g/mol. The van der Waals surface area contributed by atoms with Crippen LogP contribution in [0.3, 0.4) is 0 Å². The monoisotopic (exact) mass is 319 g/mol. The Balaban J connectivity index is 1.68. The number of nitro groups is 1. The van der Waals surface area contributed by atoms with Crippen molar-refractivity contribution in [2.75, 3.05) is 11.9 Å². The minimum absolute atomic E-state index is 0.0425. The predicted molar refractivity (Wildman–Crippen MR) is 85.4 cm³/mol. The topological polar surface area (TPSA) is 93.5 Å².